The van der Waals surface area contributed by atoms with Crippen molar-refractivity contribution in [2.45, 2.75) is 18.9 Å². The zero-order chi connectivity index (χ0) is 21.5. The number of pyridine rings is 2. The largest absolute Gasteiger partial charge is 0.497 e. The summed E-state index contributed by atoms with van der Waals surface area (Å²) in [5.41, 5.74) is 2.79. The molecule has 160 valence electrons. The molecule has 1 N–H and O–H groups in total. The smallest absolute Gasteiger partial charge is 0.223 e. The lowest BCUT2D eigenvalue weighted by Gasteiger charge is -2.32. The number of nitrogens with one attached hydrogen (secondary N) is 1. The number of morpholine rings is 1. The zero-order valence-electron chi connectivity index (χ0n) is 17.5. The maximum absolute atomic E-state index is 12.7. The Balaban J connectivity index is 1.31. The molecule has 7 nitrogen and oxygen atoms in total. The fourth-order valence-electron chi connectivity index (χ4n) is 3.51. The Hall–Kier alpha value is -3.45. The first-order valence-electron chi connectivity index (χ1n) is 10.4. The summed E-state index contributed by atoms with van der Waals surface area (Å²) in [6.45, 7) is 1.63. The van der Waals surface area contributed by atoms with Crippen LogP contribution in [-0.2, 0) is 16.0 Å². The molecule has 31 heavy (non-hydrogen) atoms. The van der Waals surface area contributed by atoms with Gasteiger partial charge in [-0.05, 0) is 48.4 Å². The average molecular weight is 418 g/mol. The third-order valence-corrected chi connectivity index (χ3v) is 5.26. The van der Waals surface area contributed by atoms with Crippen LogP contribution in [0.3, 0.4) is 0 Å². The van der Waals surface area contributed by atoms with Crippen molar-refractivity contribution in [3.8, 4) is 5.75 Å². The van der Waals surface area contributed by atoms with E-state index in [0.717, 1.165) is 28.5 Å². The van der Waals surface area contributed by atoms with Crippen LogP contribution < -0.4 is 10.1 Å². The number of hydrogen-bond donors (Lipinski definition) is 1. The lowest BCUT2D eigenvalue weighted by atomic mass is 10.1. The first-order chi connectivity index (χ1) is 15.2. The van der Waals surface area contributed by atoms with Crippen LogP contribution in [-0.4, -0.2) is 47.6 Å². The van der Waals surface area contributed by atoms with Gasteiger partial charge < -0.3 is 19.7 Å². The Morgan fingerprint density at radius 2 is 2.03 bits per heavy atom. The van der Waals surface area contributed by atoms with E-state index in [1.165, 1.54) is 0 Å². The van der Waals surface area contributed by atoms with Crippen molar-refractivity contribution in [2.75, 3.05) is 32.1 Å². The molecule has 1 aliphatic rings. The standard InChI is InChI=1S/C24H26N4O3/c1-30-20-9-5-18(6-10-20)7-12-24(29)28-14-15-31-22(17-28)21-11-8-19(16-26-21)27-23-4-2-3-13-25-23/h2-6,8-11,13,16,22H,7,12,14-15,17H2,1H3,(H,25,27)/t22-/m0/s1. The average Bonchev–Trinajstić information content (AvgIpc) is 2.84. The van der Waals surface area contributed by atoms with Gasteiger partial charge in [0.15, 0.2) is 0 Å². The van der Waals surface area contributed by atoms with E-state index in [-0.39, 0.29) is 12.0 Å². The molecule has 1 saturated heterocycles. The predicted octanol–water partition coefficient (Wildman–Crippen LogP) is 3.76. The van der Waals surface area contributed by atoms with Gasteiger partial charge in [0, 0.05) is 19.2 Å². The number of hydrogen-bond acceptors (Lipinski definition) is 6. The number of benzene rings is 1. The summed E-state index contributed by atoms with van der Waals surface area (Å²) in [7, 11) is 1.65. The van der Waals surface area contributed by atoms with Gasteiger partial charge in [-0.3, -0.25) is 9.78 Å². The van der Waals surface area contributed by atoms with Gasteiger partial charge in [0.1, 0.15) is 17.7 Å². The minimum atomic E-state index is -0.220. The summed E-state index contributed by atoms with van der Waals surface area (Å²) in [6, 6.07) is 17.4. The summed E-state index contributed by atoms with van der Waals surface area (Å²) in [5, 5.41) is 3.21. The summed E-state index contributed by atoms with van der Waals surface area (Å²) < 4.78 is 11.1. The molecule has 1 fully saturated rings. The minimum absolute atomic E-state index is 0.137. The Morgan fingerprint density at radius 3 is 2.74 bits per heavy atom. The number of methoxy groups -OCH3 is 1. The number of anilines is 2. The normalized spacial score (nSPS) is 16.0. The summed E-state index contributed by atoms with van der Waals surface area (Å²) in [5.74, 6) is 1.72. The lowest BCUT2D eigenvalue weighted by molar-refractivity contribution is -0.139. The molecule has 1 aliphatic heterocycles. The molecule has 1 amide bonds. The quantitative estimate of drug-likeness (QED) is 0.630. The van der Waals surface area contributed by atoms with Crippen molar-refractivity contribution in [2.24, 2.45) is 0 Å². The van der Waals surface area contributed by atoms with Crippen LogP contribution in [0.5, 0.6) is 5.75 Å². The molecule has 2 aromatic heterocycles. The molecule has 0 saturated carbocycles. The zero-order valence-corrected chi connectivity index (χ0v) is 17.5. The Bertz CT molecular complexity index is 978. The highest BCUT2D eigenvalue weighted by Crippen LogP contribution is 2.23. The second-order valence-electron chi connectivity index (χ2n) is 7.36. The van der Waals surface area contributed by atoms with Crippen molar-refractivity contribution in [1.29, 1.82) is 0 Å². The van der Waals surface area contributed by atoms with E-state index in [0.29, 0.717) is 32.5 Å². The van der Waals surface area contributed by atoms with E-state index in [1.807, 2.05) is 59.5 Å². The van der Waals surface area contributed by atoms with Gasteiger partial charge in [-0.1, -0.05) is 18.2 Å². The maximum atomic E-state index is 12.7. The molecule has 0 aliphatic carbocycles. The number of ether oxygens (including phenoxy) is 2. The number of aryl methyl sites for hydroxylation is 1. The van der Waals surface area contributed by atoms with Crippen LogP contribution in [0.4, 0.5) is 11.5 Å². The Labute approximate surface area is 182 Å². The molecule has 3 aromatic rings. The third-order valence-electron chi connectivity index (χ3n) is 5.26. The SMILES string of the molecule is COc1ccc(CCC(=O)N2CCO[C@H](c3ccc(Nc4ccccn4)cn3)C2)cc1. The Kier molecular flexibility index (Phi) is 6.74. The van der Waals surface area contributed by atoms with Crippen LogP contribution in [0.15, 0.2) is 67.0 Å². The van der Waals surface area contributed by atoms with Crippen molar-refractivity contribution in [1.82, 2.24) is 14.9 Å². The molecule has 0 unspecified atom stereocenters. The molecule has 0 radical (unpaired) electrons. The van der Waals surface area contributed by atoms with E-state index >= 15 is 0 Å². The van der Waals surface area contributed by atoms with Gasteiger partial charge in [0.05, 0.1) is 37.8 Å². The van der Waals surface area contributed by atoms with Crippen molar-refractivity contribution < 1.29 is 14.3 Å². The first-order valence-corrected chi connectivity index (χ1v) is 10.4. The van der Waals surface area contributed by atoms with Crippen LogP contribution in [0.1, 0.15) is 23.8 Å². The topological polar surface area (TPSA) is 76.6 Å². The molecule has 0 bridgehead atoms. The van der Waals surface area contributed by atoms with Crippen molar-refractivity contribution >= 4 is 17.4 Å². The molecule has 1 aromatic carbocycles. The summed E-state index contributed by atoms with van der Waals surface area (Å²) >= 11 is 0. The Morgan fingerprint density at radius 1 is 1.16 bits per heavy atom. The third kappa shape index (κ3) is 5.58. The fourth-order valence-corrected chi connectivity index (χ4v) is 3.51. The van der Waals surface area contributed by atoms with E-state index in [1.54, 1.807) is 19.5 Å². The van der Waals surface area contributed by atoms with Crippen LogP contribution in [0.2, 0.25) is 0 Å². The molecule has 3 heterocycles. The maximum Gasteiger partial charge on any atom is 0.223 e. The van der Waals surface area contributed by atoms with Crippen molar-refractivity contribution in [3.63, 3.8) is 0 Å². The van der Waals surface area contributed by atoms with Gasteiger partial charge in [-0.2, -0.15) is 0 Å². The van der Waals surface area contributed by atoms with Gasteiger partial charge in [0.25, 0.3) is 0 Å². The summed E-state index contributed by atoms with van der Waals surface area (Å²) in [6.07, 6.45) is 4.46. The van der Waals surface area contributed by atoms with E-state index in [2.05, 4.69) is 15.3 Å². The second kappa shape index (κ2) is 10.0. The minimum Gasteiger partial charge on any atom is -0.497 e. The van der Waals surface area contributed by atoms with Crippen LogP contribution in [0.25, 0.3) is 0 Å². The number of aromatic nitrogens is 2. The molecule has 7 heteroatoms. The van der Waals surface area contributed by atoms with Gasteiger partial charge in [-0.25, -0.2) is 4.98 Å². The highest BCUT2D eigenvalue weighted by Gasteiger charge is 2.26. The number of carbonyl (C=O) groups excluding carboxylic acids is 1. The first kappa shape index (κ1) is 20.8. The molecule has 1 atom stereocenters. The number of amides is 1. The number of nitrogens with zero attached hydrogens (tertiary/aromatic N) is 3. The van der Waals surface area contributed by atoms with Crippen LogP contribution in [0, 0.1) is 0 Å². The molecule has 0 spiro atoms. The second-order valence-corrected chi connectivity index (χ2v) is 7.36. The highest BCUT2D eigenvalue weighted by molar-refractivity contribution is 5.76. The van der Waals surface area contributed by atoms with Gasteiger partial charge >= 0.3 is 0 Å². The number of rotatable bonds is 7. The molecular weight excluding hydrogens is 392 g/mol. The predicted molar refractivity (Wildman–Crippen MR) is 118 cm³/mol. The lowest BCUT2D eigenvalue weighted by Crippen LogP contribution is -2.42. The number of carbonyl (C=O) groups is 1. The summed E-state index contributed by atoms with van der Waals surface area (Å²) in [4.78, 5) is 23.4. The highest BCUT2D eigenvalue weighted by atomic mass is 16.5. The van der Waals surface area contributed by atoms with Gasteiger partial charge in [-0.15, -0.1) is 0 Å². The van der Waals surface area contributed by atoms with Gasteiger partial charge in [0.2, 0.25) is 5.91 Å². The van der Waals surface area contributed by atoms with Crippen LogP contribution >= 0.6 is 0 Å². The van der Waals surface area contributed by atoms with E-state index < -0.39 is 0 Å². The monoisotopic (exact) mass is 418 g/mol. The van der Waals surface area contributed by atoms with E-state index in [4.69, 9.17) is 9.47 Å². The molecule has 4 rings (SSSR count). The molecular formula is C24H26N4O3. The van der Waals surface area contributed by atoms with E-state index in [9.17, 15) is 4.79 Å². The fraction of sp³-hybridized carbons (Fsp3) is 0.292. The van der Waals surface area contributed by atoms with Crippen molar-refractivity contribution in [3.05, 3.63) is 78.2 Å².